The summed E-state index contributed by atoms with van der Waals surface area (Å²) < 4.78 is 18.7. The van der Waals surface area contributed by atoms with Gasteiger partial charge in [-0.3, -0.25) is 0 Å². The Morgan fingerprint density at radius 2 is 2.12 bits per heavy atom. The molecule has 1 aromatic carbocycles. The van der Waals surface area contributed by atoms with Gasteiger partial charge in [0.15, 0.2) is 0 Å². The molecular formula is C12H18Cl2FNO. The average molecular weight is 282 g/mol. The lowest BCUT2D eigenvalue weighted by atomic mass is 10.1. The summed E-state index contributed by atoms with van der Waals surface area (Å²) in [7, 11) is 0. The van der Waals surface area contributed by atoms with E-state index in [1.807, 2.05) is 13.8 Å². The van der Waals surface area contributed by atoms with Crippen LogP contribution in [-0.4, -0.2) is 12.6 Å². The van der Waals surface area contributed by atoms with E-state index < -0.39 is 0 Å². The van der Waals surface area contributed by atoms with E-state index in [2.05, 4.69) is 0 Å². The van der Waals surface area contributed by atoms with Crippen LogP contribution in [0.5, 0.6) is 5.75 Å². The fraction of sp³-hybridized carbons (Fsp3) is 0.500. The van der Waals surface area contributed by atoms with Gasteiger partial charge in [0.1, 0.15) is 11.6 Å². The second kappa shape index (κ2) is 7.75. The molecule has 5 heteroatoms. The largest absolute Gasteiger partial charge is 0.492 e. The Hall–Kier alpha value is -0.510. The minimum Gasteiger partial charge on any atom is -0.492 e. The molecular weight excluding hydrogens is 264 g/mol. The first-order chi connectivity index (χ1) is 7.54. The van der Waals surface area contributed by atoms with Crippen molar-refractivity contribution in [1.29, 1.82) is 0 Å². The van der Waals surface area contributed by atoms with Crippen molar-refractivity contribution in [2.45, 2.75) is 32.7 Å². The number of halogens is 3. The average Bonchev–Trinajstić information content (AvgIpc) is 2.15. The summed E-state index contributed by atoms with van der Waals surface area (Å²) in [5.74, 6) is 0.201. The summed E-state index contributed by atoms with van der Waals surface area (Å²) in [6.45, 7) is 4.43. The summed E-state index contributed by atoms with van der Waals surface area (Å²) in [6.07, 6.45) is 1.43. The second-order valence-electron chi connectivity index (χ2n) is 3.91. The molecule has 0 saturated carbocycles. The highest BCUT2D eigenvalue weighted by molar-refractivity contribution is 6.32. The van der Waals surface area contributed by atoms with Crippen molar-refractivity contribution in [3.63, 3.8) is 0 Å². The molecule has 1 unspecified atom stereocenters. The zero-order chi connectivity index (χ0) is 12.1. The molecule has 0 amide bonds. The van der Waals surface area contributed by atoms with E-state index >= 15 is 0 Å². The summed E-state index contributed by atoms with van der Waals surface area (Å²) >= 11 is 5.95. The van der Waals surface area contributed by atoms with Gasteiger partial charge < -0.3 is 10.5 Å². The normalized spacial score (nSPS) is 11.8. The molecule has 98 valence electrons. The Kier molecular flexibility index (Phi) is 7.51. The molecule has 0 aromatic heterocycles. The van der Waals surface area contributed by atoms with Gasteiger partial charge in [-0.1, -0.05) is 18.5 Å². The SMILES string of the molecule is CCCOc1c(Cl)cc(F)cc1CC(C)N.Cl. The summed E-state index contributed by atoms with van der Waals surface area (Å²) in [5, 5.41) is 0.309. The lowest BCUT2D eigenvalue weighted by molar-refractivity contribution is 0.313. The van der Waals surface area contributed by atoms with Crippen molar-refractivity contribution in [3.05, 3.63) is 28.5 Å². The van der Waals surface area contributed by atoms with E-state index in [0.717, 1.165) is 12.0 Å². The maximum absolute atomic E-state index is 13.2. The van der Waals surface area contributed by atoms with E-state index in [9.17, 15) is 4.39 Å². The molecule has 0 fully saturated rings. The predicted molar refractivity (Wildman–Crippen MR) is 71.8 cm³/mol. The number of benzene rings is 1. The lowest BCUT2D eigenvalue weighted by Crippen LogP contribution is -2.18. The van der Waals surface area contributed by atoms with Gasteiger partial charge in [0, 0.05) is 11.6 Å². The number of hydrogen-bond donors (Lipinski definition) is 1. The maximum Gasteiger partial charge on any atom is 0.141 e. The Bertz CT molecular complexity index is 359. The van der Waals surface area contributed by atoms with Gasteiger partial charge in [-0.05, 0) is 31.9 Å². The minimum atomic E-state index is -0.357. The molecule has 0 saturated heterocycles. The zero-order valence-corrected chi connectivity index (χ0v) is 11.6. The molecule has 0 aliphatic carbocycles. The number of nitrogens with two attached hydrogens (primary N) is 1. The summed E-state index contributed by atoms with van der Waals surface area (Å²) in [4.78, 5) is 0. The lowest BCUT2D eigenvalue weighted by Gasteiger charge is -2.14. The third-order valence-electron chi connectivity index (χ3n) is 2.08. The van der Waals surface area contributed by atoms with Crippen LogP contribution < -0.4 is 10.5 Å². The first-order valence-corrected chi connectivity index (χ1v) is 5.78. The molecule has 1 atom stereocenters. The number of rotatable bonds is 5. The van der Waals surface area contributed by atoms with Crippen LogP contribution in [0.4, 0.5) is 4.39 Å². The van der Waals surface area contributed by atoms with Crippen LogP contribution in [-0.2, 0) is 6.42 Å². The van der Waals surface area contributed by atoms with Gasteiger partial charge in [-0.2, -0.15) is 0 Å². The van der Waals surface area contributed by atoms with Gasteiger partial charge in [0.2, 0.25) is 0 Å². The third-order valence-corrected chi connectivity index (χ3v) is 2.36. The second-order valence-corrected chi connectivity index (χ2v) is 4.31. The Balaban J connectivity index is 0.00000256. The van der Waals surface area contributed by atoms with Gasteiger partial charge in [0.25, 0.3) is 0 Å². The highest BCUT2D eigenvalue weighted by Crippen LogP contribution is 2.31. The van der Waals surface area contributed by atoms with Crippen molar-refractivity contribution >= 4 is 24.0 Å². The standard InChI is InChI=1S/C12H17ClFNO.ClH/c1-3-4-16-12-9(5-8(2)15)6-10(14)7-11(12)13;/h6-8H,3-5,15H2,1-2H3;1H. The first kappa shape index (κ1) is 16.5. The predicted octanol–water partition coefficient (Wildman–Crippen LogP) is 3.58. The summed E-state index contributed by atoms with van der Waals surface area (Å²) in [6, 6.07) is 2.64. The molecule has 0 aliphatic heterocycles. The molecule has 2 N–H and O–H groups in total. The quantitative estimate of drug-likeness (QED) is 0.895. The van der Waals surface area contributed by atoms with E-state index in [1.165, 1.54) is 12.1 Å². The highest BCUT2D eigenvalue weighted by Gasteiger charge is 2.12. The van der Waals surface area contributed by atoms with Crippen molar-refractivity contribution in [1.82, 2.24) is 0 Å². The fourth-order valence-corrected chi connectivity index (χ4v) is 1.76. The smallest absolute Gasteiger partial charge is 0.141 e. The van der Waals surface area contributed by atoms with E-state index in [-0.39, 0.29) is 24.3 Å². The molecule has 17 heavy (non-hydrogen) atoms. The molecule has 1 rings (SSSR count). The fourth-order valence-electron chi connectivity index (χ4n) is 1.48. The molecule has 0 radical (unpaired) electrons. The zero-order valence-electron chi connectivity index (χ0n) is 10.0. The van der Waals surface area contributed by atoms with Gasteiger partial charge in [-0.25, -0.2) is 4.39 Å². The first-order valence-electron chi connectivity index (χ1n) is 5.41. The molecule has 0 heterocycles. The van der Waals surface area contributed by atoms with Crippen LogP contribution in [0, 0.1) is 5.82 Å². The topological polar surface area (TPSA) is 35.2 Å². The van der Waals surface area contributed by atoms with Crippen LogP contribution in [0.2, 0.25) is 5.02 Å². The number of ether oxygens (including phenoxy) is 1. The molecule has 2 nitrogen and oxygen atoms in total. The van der Waals surface area contributed by atoms with Crippen molar-refractivity contribution in [2.24, 2.45) is 5.73 Å². The molecule has 0 spiro atoms. The van der Waals surface area contributed by atoms with Crippen molar-refractivity contribution < 1.29 is 9.13 Å². The van der Waals surface area contributed by atoms with Gasteiger partial charge in [0.05, 0.1) is 11.6 Å². The molecule has 1 aromatic rings. The summed E-state index contributed by atoms with van der Waals surface area (Å²) in [5.41, 5.74) is 6.43. The van der Waals surface area contributed by atoms with E-state index in [1.54, 1.807) is 0 Å². The van der Waals surface area contributed by atoms with Crippen LogP contribution in [0.1, 0.15) is 25.8 Å². The monoisotopic (exact) mass is 281 g/mol. The van der Waals surface area contributed by atoms with Crippen LogP contribution >= 0.6 is 24.0 Å². The van der Waals surface area contributed by atoms with E-state index in [4.69, 9.17) is 22.1 Å². The minimum absolute atomic E-state index is 0. The van der Waals surface area contributed by atoms with Gasteiger partial charge in [-0.15, -0.1) is 12.4 Å². The van der Waals surface area contributed by atoms with Crippen molar-refractivity contribution in [3.8, 4) is 5.75 Å². The van der Waals surface area contributed by atoms with Crippen molar-refractivity contribution in [2.75, 3.05) is 6.61 Å². The Morgan fingerprint density at radius 3 is 2.65 bits per heavy atom. The van der Waals surface area contributed by atoms with E-state index in [0.29, 0.717) is 23.8 Å². The molecule has 0 aliphatic rings. The third kappa shape index (κ3) is 5.11. The highest BCUT2D eigenvalue weighted by atomic mass is 35.5. The van der Waals surface area contributed by atoms with Crippen LogP contribution in [0.25, 0.3) is 0 Å². The van der Waals surface area contributed by atoms with Crippen LogP contribution in [0.15, 0.2) is 12.1 Å². The molecule has 0 bridgehead atoms. The Morgan fingerprint density at radius 1 is 1.47 bits per heavy atom. The van der Waals surface area contributed by atoms with Crippen LogP contribution in [0.3, 0.4) is 0 Å². The maximum atomic E-state index is 13.2. The number of hydrogen-bond acceptors (Lipinski definition) is 2. The Labute approximate surface area is 113 Å². The van der Waals surface area contributed by atoms with Gasteiger partial charge >= 0.3 is 0 Å².